The van der Waals surface area contributed by atoms with E-state index in [1.54, 1.807) is 14.2 Å². The first-order valence-corrected chi connectivity index (χ1v) is 8.85. The van der Waals surface area contributed by atoms with Crippen molar-refractivity contribution in [2.24, 2.45) is 0 Å². The molecule has 1 N–H and O–H groups in total. The van der Waals surface area contributed by atoms with E-state index in [2.05, 4.69) is 35.5 Å². The highest BCUT2D eigenvalue weighted by atomic mass is 16.5. The normalized spacial score (nSPS) is 19.7. The second-order valence-electron chi connectivity index (χ2n) is 7.20. The summed E-state index contributed by atoms with van der Waals surface area (Å²) < 4.78 is 16.8. The smallest absolute Gasteiger partial charge is 0.123 e. The minimum absolute atomic E-state index is 0.0372. The van der Waals surface area contributed by atoms with E-state index < -0.39 is 0 Å². The number of nitrogens with one attached hydrogen (secondary N) is 1. The maximum atomic E-state index is 6.35. The predicted molar refractivity (Wildman–Crippen MR) is 94.6 cm³/mol. The fourth-order valence-corrected chi connectivity index (χ4v) is 3.73. The lowest BCUT2D eigenvalue weighted by Crippen LogP contribution is -2.45. The van der Waals surface area contributed by atoms with Crippen molar-refractivity contribution in [2.45, 2.75) is 37.5 Å². The van der Waals surface area contributed by atoms with Gasteiger partial charge < -0.3 is 24.4 Å². The van der Waals surface area contributed by atoms with E-state index in [0.717, 1.165) is 44.6 Å². The van der Waals surface area contributed by atoms with Gasteiger partial charge in [-0.25, -0.2) is 0 Å². The Morgan fingerprint density at radius 2 is 1.92 bits per heavy atom. The molecule has 0 atom stereocenters. The van der Waals surface area contributed by atoms with E-state index in [1.807, 2.05) is 0 Å². The van der Waals surface area contributed by atoms with Gasteiger partial charge in [0.25, 0.3) is 0 Å². The first kappa shape index (κ1) is 17.7. The van der Waals surface area contributed by atoms with Crippen LogP contribution in [0.25, 0.3) is 0 Å². The summed E-state index contributed by atoms with van der Waals surface area (Å²) in [4.78, 5) is 2.39. The summed E-state index contributed by atoms with van der Waals surface area (Å²) in [5, 5.41) is 3.51. The molecule has 0 aromatic heterocycles. The minimum Gasteiger partial charge on any atom is -0.487 e. The zero-order valence-corrected chi connectivity index (χ0v) is 15.1. The molecule has 0 amide bonds. The third-order valence-corrected chi connectivity index (χ3v) is 5.19. The molecule has 1 fully saturated rings. The Morgan fingerprint density at radius 3 is 2.58 bits per heavy atom. The lowest BCUT2D eigenvalue weighted by Gasteiger charge is -2.37. The molecule has 1 saturated heterocycles. The molecular weight excluding hydrogens is 304 g/mol. The summed E-state index contributed by atoms with van der Waals surface area (Å²) in [6.45, 7) is 4.37. The van der Waals surface area contributed by atoms with Crippen molar-refractivity contribution < 1.29 is 14.2 Å². The maximum Gasteiger partial charge on any atom is 0.123 e. The van der Waals surface area contributed by atoms with Gasteiger partial charge in [-0.3, -0.25) is 0 Å². The minimum atomic E-state index is 0.0372. The van der Waals surface area contributed by atoms with Gasteiger partial charge in [-0.15, -0.1) is 0 Å². The zero-order valence-electron chi connectivity index (χ0n) is 15.1. The Kier molecular flexibility index (Phi) is 5.76. The zero-order chi connectivity index (χ0) is 17.0. The molecule has 2 aliphatic rings. The Morgan fingerprint density at radius 1 is 1.21 bits per heavy atom. The second-order valence-corrected chi connectivity index (χ2v) is 7.20. The van der Waals surface area contributed by atoms with Gasteiger partial charge in [0.05, 0.1) is 19.3 Å². The van der Waals surface area contributed by atoms with Crippen LogP contribution in [-0.4, -0.2) is 64.1 Å². The Labute approximate surface area is 145 Å². The van der Waals surface area contributed by atoms with Gasteiger partial charge in [0, 0.05) is 53.1 Å². The highest BCUT2D eigenvalue weighted by Gasteiger charge is 2.41. The molecule has 1 aromatic rings. The standard InChI is InChI=1S/C19H30N2O3/c1-21-8-6-19(7-9-21)11-16-10-15(4-5-18(16)24-19)12-20-17(13-22-2)14-23-3/h4-5,10,17,20H,6-9,11-14H2,1-3H3. The third-order valence-electron chi connectivity index (χ3n) is 5.19. The van der Waals surface area contributed by atoms with E-state index in [0.29, 0.717) is 13.2 Å². The van der Waals surface area contributed by atoms with Crippen LogP contribution in [0.15, 0.2) is 18.2 Å². The molecule has 0 aliphatic carbocycles. The van der Waals surface area contributed by atoms with Crippen molar-refractivity contribution in [1.82, 2.24) is 10.2 Å². The lowest BCUT2D eigenvalue weighted by molar-refractivity contribution is 0.0271. The SMILES string of the molecule is COCC(COC)NCc1ccc2c(c1)CC1(CCN(C)CC1)O2. The highest BCUT2D eigenvalue weighted by Crippen LogP contribution is 2.41. The van der Waals surface area contributed by atoms with Crippen molar-refractivity contribution in [2.75, 3.05) is 47.6 Å². The molecule has 134 valence electrons. The van der Waals surface area contributed by atoms with E-state index in [9.17, 15) is 0 Å². The van der Waals surface area contributed by atoms with Crippen LogP contribution >= 0.6 is 0 Å². The van der Waals surface area contributed by atoms with Crippen LogP contribution in [-0.2, 0) is 22.4 Å². The number of hydrogen-bond donors (Lipinski definition) is 1. The Bertz CT molecular complexity index is 535. The molecular formula is C19H30N2O3. The molecule has 1 spiro atoms. The largest absolute Gasteiger partial charge is 0.487 e. The van der Waals surface area contributed by atoms with Crippen molar-refractivity contribution in [3.05, 3.63) is 29.3 Å². The van der Waals surface area contributed by atoms with Crippen LogP contribution in [0.2, 0.25) is 0 Å². The first-order valence-electron chi connectivity index (χ1n) is 8.85. The molecule has 0 radical (unpaired) electrons. The van der Waals surface area contributed by atoms with Crippen LogP contribution in [0.3, 0.4) is 0 Å². The number of fused-ring (bicyclic) bond motifs is 1. The average Bonchev–Trinajstić information content (AvgIpc) is 2.93. The topological polar surface area (TPSA) is 43.0 Å². The Balaban J connectivity index is 1.60. The van der Waals surface area contributed by atoms with Gasteiger partial charge in [0.15, 0.2) is 0 Å². The van der Waals surface area contributed by atoms with Crippen LogP contribution < -0.4 is 10.1 Å². The number of likely N-dealkylation sites (tertiary alicyclic amines) is 1. The van der Waals surface area contributed by atoms with Gasteiger partial charge in [0.2, 0.25) is 0 Å². The fourth-order valence-electron chi connectivity index (χ4n) is 3.73. The van der Waals surface area contributed by atoms with Gasteiger partial charge in [-0.05, 0) is 24.2 Å². The summed E-state index contributed by atoms with van der Waals surface area (Å²) in [6, 6.07) is 6.81. The molecule has 24 heavy (non-hydrogen) atoms. The monoisotopic (exact) mass is 334 g/mol. The number of ether oxygens (including phenoxy) is 3. The number of rotatable bonds is 7. The molecule has 0 saturated carbocycles. The summed E-state index contributed by atoms with van der Waals surface area (Å²) in [7, 11) is 5.63. The van der Waals surface area contributed by atoms with E-state index >= 15 is 0 Å². The Hall–Kier alpha value is -1.14. The number of piperidine rings is 1. The number of hydrogen-bond acceptors (Lipinski definition) is 5. The highest BCUT2D eigenvalue weighted by molar-refractivity contribution is 5.42. The fraction of sp³-hybridized carbons (Fsp3) is 0.684. The number of nitrogens with zero attached hydrogens (tertiary/aromatic N) is 1. The first-order chi connectivity index (χ1) is 11.6. The van der Waals surface area contributed by atoms with E-state index in [1.165, 1.54) is 11.1 Å². The van der Waals surface area contributed by atoms with Crippen LogP contribution in [0.5, 0.6) is 5.75 Å². The lowest BCUT2D eigenvalue weighted by atomic mass is 9.87. The van der Waals surface area contributed by atoms with Gasteiger partial charge in [-0.2, -0.15) is 0 Å². The molecule has 0 unspecified atom stereocenters. The third kappa shape index (κ3) is 4.09. The van der Waals surface area contributed by atoms with Crippen molar-refractivity contribution in [3.8, 4) is 5.75 Å². The molecule has 5 nitrogen and oxygen atoms in total. The van der Waals surface area contributed by atoms with Gasteiger partial charge in [0.1, 0.15) is 11.4 Å². The summed E-state index contributed by atoms with van der Waals surface area (Å²) in [5.74, 6) is 1.08. The van der Waals surface area contributed by atoms with E-state index in [-0.39, 0.29) is 11.6 Å². The molecule has 2 aliphatic heterocycles. The van der Waals surface area contributed by atoms with Crippen molar-refractivity contribution in [1.29, 1.82) is 0 Å². The van der Waals surface area contributed by atoms with Crippen LogP contribution in [0.1, 0.15) is 24.0 Å². The summed E-state index contributed by atoms with van der Waals surface area (Å²) in [6.07, 6.45) is 3.29. The molecule has 5 heteroatoms. The van der Waals surface area contributed by atoms with Crippen LogP contribution in [0, 0.1) is 0 Å². The molecule has 1 aromatic carbocycles. The predicted octanol–water partition coefficient (Wildman–Crippen LogP) is 1.84. The number of methoxy groups -OCH3 is 2. The molecule has 3 rings (SSSR count). The van der Waals surface area contributed by atoms with Gasteiger partial charge >= 0.3 is 0 Å². The van der Waals surface area contributed by atoms with Gasteiger partial charge in [-0.1, -0.05) is 12.1 Å². The van der Waals surface area contributed by atoms with Crippen molar-refractivity contribution >= 4 is 0 Å². The van der Waals surface area contributed by atoms with Crippen molar-refractivity contribution in [3.63, 3.8) is 0 Å². The average molecular weight is 334 g/mol. The van der Waals surface area contributed by atoms with Crippen LogP contribution in [0.4, 0.5) is 0 Å². The quantitative estimate of drug-likeness (QED) is 0.824. The summed E-state index contributed by atoms with van der Waals surface area (Å²) >= 11 is 0. The molecule has 0 bridgehead atoms. The maximum absolute atomic E-state index is 6.35. The summed E-state index contributed by atoms with van der Waals surface area (Å²) in [5.41, 5.74) is 2.68. The number of benzene rings is 1. The second kappa shape index (κ2) is 7.83. The molecule has 2 heterocycles. The van der Waals surface area contributed by atoms with E-state index in [4.69, 9.17) is 14.2 Å².